The summed E-state index contributed by atoms with van der Waals surface area (Å²) in [5.74, 6) is 0. The van der Waals surface area contributed by atoms with Crippen LogP contribution in [-0.2, 0) is 25.7 Å². The third kappa shape index (κ3) is 7.13. The van der Waals surface area contributed by atoms with Crippen molar-refractivity contribution >= 4 is 47.7 Å². The molecule has 1 unspecified atom stereocenters. The predicted molar refractivity (Wildman–Crippen MR) is 214 cm³/mol. The average molecular weight is 661 g/mol. The van der Waals surface area contributed by atoms with Gasteiger partial charge in [-0.1, -0.05) is 155 Å². The minimum absolute atomic E-state index is 0.675. The predicted octanol–water partition coefficient (Wildman–Crippen LogP) is 8.94. The van der Waals surface area contributed by atoms with Crippen LogP contribution in [0.25, 0.3) is 0 Å². The lowest BCUT2D eigenvalue weighted by molar-refractivity contribution is 0.933. The van der Waals surface area contributed by atoms with Gasteiger partial charge in [-0.3, -0.25) is 0 Å². The van der Waals surface area contributed by atoms with Crippen molar-refractivity contribution in [2.24, 2.45) is 0 Å². The highest BCUT2D eigenvalue weighted by molar-refractivity contribution is 7.80. The van der Waals surface area contributed by atoms with Gasteiger partial charge >= 0.3 is 0 Å². The van der Waals surface area contributed by atoms with Crippen LogP contribution in [0.4, 0.5) is 0 Å². The zero-order valence-electron chi connectivity index (χ0n) is 29.3. The Morgan fingerprint density at radius 1 is 0.333 bits per heavy atom. The topological polar surface area (TPSA) is 0 Å². The quantitative estimate of drug-likeness (QED) is 0.157. The summed E-state index contributed by atoms with van der Waals surface area (Å²) in [6.45, 7) is 13.5. The van der Waals surface area contributed by atoms with E-state index >= 15 is 0 Å². The van der Waals surface area contributed by atoms with Crippen LogP contribution in [0, 0.1) is 41.5 Å². The maximum atomic E-state index is 2.59. The van der Waals surface area contributed by atoms with Gasteiger partial charge in [0.15, 0.2) is 0 Å². The molecule has 0 N–H and O–H groups in total. The fourth-order valence-corrected chi connectivity index (χ4v) is 13.3. The Kier molecular flexibility index (Phi) is 9.52. The van der Waals surface area contributed by atoms with Crippen molar-refractivity contribution in [3.8, 4) is 0 Å². The Balaban J connectivity index is 1.34. The molecule has 0 saturated carbocycles. The van der Waals surface area contributed by atoms with Gasteiger partial charge in [0.1, 0.15) is 0 Å². The largest absolute Gasteiger partial charge is 0.0622 e. The van der Waals surface area contributed by atoms with E-state index in [-0.39, 0.29) is 0 Å². The van der Waals surface area contributed by atoms with Crippen LogP contribution in [0.1, 0.15) is 55.6 Å². The van der Waals surface area contributed by atoms with Gasteiger partial charge < -0.3 is 0 Å². The molecule has 0 aliphatic heterocycles. The van der Waals surface area contributed by atoms with Gasteiger partial charge in [0, 0.05) is 0 Å². The summed E-state index contributed by atoms with van der Waals surface area (Å²) in [5.41, 5.74) is 14.0. The number of aryl methyl sites for hydroxylation is 10. The van der Waals surface area contributed by atoms with Crippen molar-refractivity contribution < 1.29 is 0 Å². The molecule has 240 valence electrons. The number of hydrogen-bond donors (Lipinski definition) is 0. The van der Waals surface area contributed by atoms with E-state index in [1.54, 1.807) is 0 Å². The second-order valence-electron chi connectivity index (χ2n) is 14.0. The van der Waals surface area contributed by atoms with Crippen LogP contribution in [0.5, 0.6) is 0 Å². The second kappa shape index (κ2) is 14.0. The van der Waals surface area contributed by atoms with Crippen LogP contribution in [-0.4, -0.2) is 0 Å². The standard InChI is InChI=1S/C46H46P2/c1-31-20-32(2)24-42(23-31)47(41-10-8-7-9-11-41)45-29-37-12-16-39(45)17-13-38-15-19-40(18-14-37)46(30-38)48(43-25-33(3)21-34(4)26-43)44-27-35(5)22-36(6)28-44/h7-12,15-16,19-30H,13-14,17-18H2,1-6H3. The highest BCUT2D eigenvalue weighted by Crippen LogP contribution is 2.38. The van der Waals surface area contributed by atoms with Crippen molar-refractivity contribution in [2.75, 3.05) is 0 Å². The van der Waals surface area contributed by atoms with Crippen LogP contribution in [0.15, 0.2) is 121 Å². The summed E-state index contributed by atoms with van der Waals surface area (Å²) >= 11 is 0. The Morgan fingerprint density at radius 3 is 1.06 bits per heavy atom. The fourth-order valence-electron chi connectivity index (χ4n) is 7.60. The number of benzene rings is 6. The van der Waals surface area contributed by atoms with E-state index in [1.165, 1.54) is 87.5 Å². The van der Waals surface area contributed by atoms with Crippen LogP contribution in [0.2, 0.25) is 0 Å². The molecule has 0 saturated heterocycles. The first-order valence-corrected chi connectivity index (χ1v) is 20.0. The maximum Gasteiger partial charge on any atom is -0.0116 e. The summed E-state index contributed by atoms with van der Waals surface area (Å²) < 4.78 is 0. The molecule has 2 heteroatoms. The van der Waals surface area contributed by atoms with Crippen LogP contribution in [0.3, 0.4) is 0 Å². The first-order valence-electron chi connectivity index (χ1n) is 17.3. The van der Waals surface area contributed by atoms with Gasteiger partial charge in [-0.15, -0.1) is 0 Å². The molecule has 4 aliphatic rings. The van der Waals surface area contributed by atoms with E-state index in [1.807, 2.05) is 0 Å². The lowest BCUT2D eigenvalue weighted by Gasteiger charge is -2.27. The van der Waals surface area contributed by atoms with Crippen molar-refractivity contribution in [1.82, 2.24) is 0 Å². The zero-order chi connectivity index (χ0) is 33.4. The third-order valence-corrected chi connectivity index (χ3v) is 14.5. The van der Waals surface area contributed by atoms with E-state index in [2.05, 4.69) is 163 Å². The van der Waals surface area contributed by atoms with Gasteiger partial charge in [0.05, 0.1) is 0 Å². The van der Waals surface area contributed by atoms with E-state index < -0.39 is 15.8 Å². The van der Waals surface area contributed by atoms with Gasteiger partial charge in [-0.25, -0.2) is 0 Å². The average Bonchev–Trinajstić information content (AvgIpc) is 3.02. The third-order valence-electron chi connectivity index (χ3n) is 9.56. The van der Waals surface area contributed by atoms with E-state index in [0.717, 1.165) is 25.7 Å². The molecule has 0 amide bonds. The summed E-state index contributed by atoms with van der Waals surface area (Å²) in [6, 6.07) is 47.7. The zero-order valence-corrected chi connectivity index (χ0v) is 31.1. The highest BCUT2D eigenvalue weighted by atomic mass is 31.1. The Labute approximate surface area is 290 Å². The van der Waals surface area contributed by atoms with Crippen LogP contribution >= 0.6 is 15.8 Å². The Morgan fingerprint density at radius 2 is 0.688 bits per heavy atom. The molecule has 6 aromatic rings. The molecule has 6 aromatic carbocycles. The Bertz CT molecular complexity index is 1990. The molecule has 4 bridgehead atoms. The van der Waals surface area contributed by atoms with Gasteiger partial charge in [-0.05, 0) is 137 Å². The molecular weight excluding hydrogens is 614 g/mol. The van der Waals surface area contributed by atoms with Crippen molar-refractivity contribution in [2.45, 2.75) is 67.2 Å². The SMILES string of the molecule is Cc1cc(C)cc(P(c2ccccc2)c2cc3ccc2CCc2ccc(c(P(c4cc(C)cc(C)c4)c4cc(C)cc(C)c4)c2)CC3)c1. The van der Waals surface area contributed by atoms with E-state index in [0.29, 0.717) is 0 Å². The minimum Gasteiger partial charge on any atom is -0.0622 e. The van der Waals surface area contributed by atoms with E-state index in [4.69, 9.17) is 0 Å². The highest BCUT2D eigenvalue weighted by Gasteiger charge is 2.24. The molecule has 0 aromatic heterocycles. The van der Waals surface area contributed by atoms with Crippen molar-refractivity contribution in [1.29, 1.82) is 0 Å². The molecule has 0 radical (unpaired) electrons. The molecular formula is C46H46P2. The van der Waals surface area contributed by atoms with Crippen molar-refractivity contribution in [3.63, 3.8) is 0 Å². The summed E-state index contributed by atoms with van der Waals surface area (Å²) in [6.07, 6.45) is 4.14. The van der Waals surface area contributed by atoms with Crippen molar-refractivity contribution in [3.05, 3.63) is 177 Å². The number of rotatable bonds is 6. The maximum absolute atomic E-state index is 2.59. The summed E-state index contributed by atoms with van der Waals surface area (Å²) in [7, 11) is -1.38. The molecule has 48 heavy (non-hydrogen) atoms. The van der Waals surface area contributed by atoms with E-state index in [9.17, 15) is 0 Å². The van der Waals surface area contributed by atoms with Crippen LogP contribution < -0.4 is 31.8 Å². The molecule has 0 fully saturated rings. The second-order valence-corrected chi connectivity index (χ2v) is 18.3. The minimum atomic E-state index is -0.701. The summed E-state index contributed by atoms with van der Waals surface area (Å²) in [4.78, 5) is 0. The lowest BCUT2D eigenvalue weighted by Crippen LogP contribution is -2.26. The lowest BCUT2D eigenvalue weighted by atomic mass is 9.96. The molecule has 4 aliphatic carbocycles. The fraction of sp³-hybridized carbons (Fsp3) is 0.217. The monoisotopic (exact) mass is 660 g/mol. The first-order chi connectivity index (χ1) is 23.2. The smallest absolute Gasteiger partial charge is 0.0116 e. The molecule has 0 heterocycles. The van der Waals surface area contributed by atoms with Gasteiger partial charge in [0.25, 0.3) is 0 Å². The Hall–Kier alpha value is -3.82. The molecule has 0 nitrogen and oxygen atoms in total. The first kappa shape index (κ1) is 32.7. The number of hydrogen-bond acceptors (Lipinski definition) is 0. The molecule has 10 rings (SSSR count). The normalized spacial score (nSPS) is 13.4. The molecule has 0 spiro atoms. The van der Waals surface area contributed by atoms with Gasteiger partial charge in [-0.2, -0.15) is 0 Å². The summed E-state index contributed by atoms with van der Waals surface area (Å²) in [5, 5.41) is 8.88. The molecule has 1 atom stereocenters. The van der Waals surface area contributed by atoms with Gasteiger partial charge in [0.2, 0.25) is 0 Å².